The number of nitrogens with one attached hydrogen (secondary N) is 1. The molecular formula is C23H29N3O2. The predicted molar refractivity (Wildman–Crippen MR) is 116 cm³/mol. The largest absolute Gasteiger partial charge is 0.497 e. The van der Waals surface area contributed by atoms with Crippen LogP contribution in [0.25, 0.3) is 0 Å². The van der Waals surface area contributed by atoms with Crippen LogP contribution in [0, 0.1) is 13.8 Å². The number of anilines is 1. The second-order valence-electron chi connectivity index (χ2n) is 6.72. The Morgan fingerprint density at radius 1 is 1.25 bits per heavy atom. The van der Waals surface area contributed by atoms with Crippen LogP contribution in [0.2, 0.25) is 0 Å². The quantitative estimate of drug-likeness (QED) is 0.390. The summed E-state index contributed by atoms with van der Waals surface area (Å²) in [5, 5.41) is 3.45. The lowest BCUT2D eigenvalue weighted by Gasteiger charge is -2.24. The second kappa shape index (κ2) is 10.3. The van der Waals surface area contributed by atoms with Crippen LogP contribution in [0.3, 0.4) is 0 Å². The maximum Gasteiger partial charge on any atom is 0.273 e. The van der Waals surface area contributed by atoms with E-state index in [1.165, 1.54) is 11.1 Å². The first-order valence-corrected chi connectivity index (χ1v) is 9.36. The lowest BCUT2D eigenvalue weighted by Crippen LogP contribution is -2.25. The maximum absolute atomic E-state index is 12.0. The lowest BCUT2D eigenvalue weighted by atomic mass is 10.1. The normalized spacial score (nSPS) is 11.1. The molecule has 148 valence electrons. The Labute approximate surface area is 167 Å². The topological polar surface area (TPSA) is 53.9 Å². The minimum absolute atomic E-state index is 0.283. The standard InChI is InChI=1S/C23H29N3O2/c1-6-20(23(27)24-4)15-26(14-19-9-7-8-17(2)12-19)16-25-22-13-21(28-5)11-10-18(22)3/h7-13,15,25H,4,6,14,16H2,1-3,5H3/b20-15-. The first-order valence-electron chi connectivity index (χ1n) is 9.36. The fraction of sp³-hybridized carbons (Fsp3) is 0.304. The highest BCUT2D eigenvalue weighted by atomic mass is 16.5. The Kier molecular flexibility index (Phi) is 7.81. The second-order valence-corrected chi connectivity index (χ2v) is 6.72. The third-order valence-electron chi connectivity index (χ3n) is 4.52. The average molecular weight is 380 g/mol. The van der Waals surface area contributed by atoms with Crippen LogP contribution in [-0.2, 0) is 11.3 Å². The summed E-state index contributed by atoms with van der Waals surface area (Å²) in [5.74, 6) is 0.517. The zero-order valence-corrected chi connectivity index (χ0v) is 17.2. The van der Waals surface area contributed by atoms with Crippen molar-refractivity contribution >= 4 is 18.3 Å². The van der Waals surface area contributed by atoms with Gasteiger partial charge in [-0.25, -0.2) is 4.99 Å². The molecule has 0 bridgehead atoms. The van der Waals surface area contributed by atoms with Crippen molar-refractivity contribution < 1.29 is 9.53 Å². The van der Waals surface area contributed by atoms with Gasteiger partial charge in [0.05, 0.1) is 13.8 Å². The van der Waals surface area contributed by atoms with Crippen LogP contribution in [0.1, 0.15) is 30.0 Å². The van der Waals surface area contributed by atoms with Crippen LogP contribution >= 0.6 is 0 Å². The molecule has 0 spiro atoms. The third kappa shape index (κ3) is 5.98. The highest BCUT2D eigenvalue weighted by Crippen LogP contribution is 2.22. The Morgan fingerprint density at radius 2 is 2.04 bits per heavy atom. The van der Waals surface area contributed by atoms with Crippen LogP contribution in [-0.4, -0.2) is 31.3 Å². The van der Waals surface area contributed by atoms with E-state index in [1.54, 1.807) is 7.11 Å². The number of amides is 1. The molecule has 0 fully saturated rings. The number of nitrogens with zero attached hydrogens (tertiary/aromatic N) is 2. The van der Waals surface area contributed by atoms with Gasteiger partial charge in [0, 0.05) is 30.1 Å². The number of methoxy groups -OCH3 is 1. The van der Waals surface area contributed by atoms with Gasteiger partial charge in [-0.15, -0.1) is 0 Å². The van der Waals surface area contributed by atoms with Gasteiger partial charge < -0.3 is 15.0 Å². The van der Waals surface area contributed by atoms with Crippen molar-refractivity contribution in [2.75, 3.05) is 19.1 Å². The molecule has 0 unspecified atom stereocenters. The zero-order valence-electron chi connectivity index (χ0n) is 17.2. The van der Waals surface area contributed by atoms with E-state index in [4.69, 9.17) is 4.74 Å². The van der Waals surface area contributed by atoms with E-state index in [0.717, 1.165) is 17.0 Å². The summed E-state index contributed by atoms with van der Waals surface area (Å²) in [6, 6.07) is 14.3. The predicted octanol–water partition coefficient (Wildman–Crippen LogP) is 4.70. The Bertz CT molecular complexity index is 859. The van der Waals surface area contributed by atoms with Gasteiger partial charge >= 0.3 is 0 Å². The van der Waals surface area contributed by atoms with Gasteiger partial charge in [0.15, 0.2) is 0 Å². The Hall–Kier alpha value is -3.08. The van der Waals surface area contributed by atoms with Gasteiger partial charge in [0.2, 0.25) is 0 Å². The van der Waals surface area contributed by atoms with E-state index in [9.17, 15) is 4.79 Å². The highest BCUT2D eigenvalue weighted by molar-refractivity contribution is 5.96. The number of carbonyl (C=O) groups is 1. The van der Waals surface area contributed by atoms with Crippen LogP contribution in [0.15, 0.2) is 59.2 Å². The zero-order chi connectivity index (χ0) is 20.5. The van der Waals surface area contributed by atoms with Gasteiger partial charge in [-0.05, 0) is 44.2 Å². The maximum atomic E-state index is 12.0. The van der Waals surface area contributed by atoms with E-state index in [0.29, 0.717) is 25.2 Å². The number of rotatable bonds is 9. The van der Waals surface area contributed by atoms with Crippen molar-refractivity contribution in [1.29, 1.82) is 0 Å². The molecule has 28 heavy (non-hydrogen) atoms. The summed E-state index contributed by atoms with van der Waals surface area (Å²) >= 11 is 0. The summed E-state index contributed by atoms with van der Waals surface area (Å²) in [4.78, 5) is 17.7. The molecule has 0 heterocycles. The van der Waals surface area contributed by atoms with Gasteiger partial charge in [-0.3, -0.25) is 4.79 Å². The van der Waals surface area contributed by atoms with Crippen molar-refractivity contribution in [3.8, 4) is 5.75 Å². The molecule has 1 amide bonds. The molecule has 0 aliphatic rings. The third-order valence-corrected chi connectivity index (χ3v) is 4.52. The molecule has 2 aromatic rings. The molecule has 2 rings (SSSR count). The molecule has 5 heteroatoms. The molecule has 0 saturated carbocycles. The monoisotopic (exact) mass is 379 g/mol. The number of carbonyl (C=O) groups excluding carboxylic acids is 1. The number of hydrogen-bond acceptors (Lipinski definition) is 4. The van der Waals surface area contributed by atoms with E-state index >= 15 is 0 Å². The SMILES string of the molecule is C=NC(=O)/C(=C\N(CNc1cc(OC)ccc1C)Cc1cccc(C)c1)CC. The first kappa shape index (κ1) is 21.2. The van der Waals surface area contributed by atoms with Gasteiger partial charge in [0.25, 0.3) is 5.91 Å². The van der Waals surface area contributed by atoms with Crippen molar-refractivity contribution in [3.05, 3.63) is 70.9 Å². The molecule has 2 aromatic carbocycles. The van der Waals surface area contributed by atoms with E-state index < -0.39 is 0 Å². The van der Waals surface area contributed by atoms with Crippen molar-refractivity contribution in [2.24, 2.45) is 4.99 Å². The molecule has 0 aliphatic heterocycles. The summed E-state index contributed by atoms with van der Waals surface area (Å²) in [6.07, 6.45) is 2.47. The summed E-state index contributed by atoms with van der Waals surface area (Å²) in [7, 11) is 1.66. The molecule has 0 saturated heterocycles. The molecule has 0 aromatic heterocycles. The average Bonchev–Trinajstić information content (AvgIpc) is 2.70. The lowest BCUT2D eigenvalue weighted by molar-refractivity contribution is -0.114. The highest BCUT2D eigenvalue weighted by Gasteiger charge is 2.10. The van der Waals surface area contributed by atoms with E-state index in [2.05, 4.69) is 47.0 Å². The molecule has 0 radical (unpaired) electrons. The first-order chi connectivity index (χ1) is 13.5. The Morgan fingerprint density at radius 3 is 2.68 bits per heavy atom. The van der Waals surface area contributed by atoms with Gasteiger partial charge in [0.1, 0.15) is 5.75 Å². The number of aryl methyl sites for hydroxylation is 2. The van der Waals surface area contributed by atoms with Crippen molar-refractivity contribution in [1.82, 2.24) is 4.90 Å². The van der Waals surface area contributed by atoms with Crippen molar-refractivity contribution in [3.63, 3.8) is 0 Å². The summed E-state index contributed by atoms with van der Waals surface area (Å²) in [6.45, 7) is 10.6. The fourth-order valence-corrected chi connectivity index (χ4v) is 2.92. The smallest absolute Gasteiger partial charge is 0.273 e. The molecular weight excluding hydrogens is 350 g/mol. The number of hydrogen-bond donors (Lipinski definition) is 1. The van der Waals surface area contributed by atoms with E-state index in [-0.39, 0.29) is 5.91 Å². The van der Waals surface area contributed by atoms with E-state index in [1.807, 2.05) is 44.3 Å². The fourth-order valence-electron chi connectivity index (χ4n) is 2.92. The molecule has 0 aliphatic carbocycles. The minimum Gasteiger partial charge on any atom is -0.497 e. The molecule has 0 atom stereocenters. The number of aliphatic imine (C=N–C) groups is 1. The summed E-state index contributed by atoms with van der Waals surface area (Å²) < 4.78 is 5.32. The molecule has 5 nitrogen and oxygen atoms in total. The van der Waals surface area contributed by atoms with Crippen molar-refractivity contribution in [2.45, 2.75) is 33.7 Å². The minimum atomic E-state index is -0.283. The van der Waals surface area contributed by atoms with Crippen LogP contribution in [0.4, 0.5) is 5.69 Å². The van der Waals surface area contributed by atoms with Crippen LogP contribution in [0.5, 0.6) is 5.75 Å². The molecule has 1 N–H and O–H groups in total. The van der Waals surface area contributed by atoms with Gasteiger partial charge in [-0.2, -0.15) is 0 Å². The Balaban J connectivity index is 2.25. The number of ether oxygens (including phenoxy) is 1. The summed E-state index contributed by atoms with van der Waals surface area (Å²) in [5.41, 5.74) is 5.13. The van der Waals surface area contributed by atoms with Gasteiger partial charge in [-0.1, -0.05) is 42.8 Å². The van der Waals surface area contributed by atoms with Crippen LogP contribution < -0.4 is 10.1 Å². The number of benzene rings is 2.